The standard InChI is InChI=1S/C21H24FNO3/c1-15-11-19-20(26-14-25-19)12-16(15)13-23-9-2-7-21(24,8-10-23)17-3-5-18(22)6-4-17/h3-6,11-12,24H,2,7-10,13-14H2,1H3/t21-/m0/s1. The highest BCUT2D eigenvalue weighted by atomic mass is 19.1. The second-order valence-corrected chi connectivity index (χ2v) is 7.30. The van der Waals surface area contributed by atoms with Gasteiger partial charge in [0.1, 0.15) is 5.82 Å². The number of likely N-dealkylation sites (tertiary alicyclic amines) is 1. The molecule has 2 heterocycles. The molecule has 2 aliphatic heterocycles. The highest BCUT2D eigenvalue weighted by Crippen LogP contribution is 2.36. The summed E-state index contributed by atoms with van der Waals surface area (Å²) in [5.74, 6) is 1.35. The van der Waals surface area contributed by atoms with E-state index in [1.807, 2.05) is 6.07 Å². The third-order valence-electron chi connectivity index (χ3n) is 5.51. The van der Waals surface area contributed by atoms with Gasteiger partial charge < -0.3 is 14.6 Å². The lowest BCUT2D eigenvalue weighted by atomic mass is 9.87. The molecule has 4 nitrogen and oxygen atoms in total. The van der Waals surface area contributed by atoms with Gasteiger partial charge in [-0.2, -0.15) is 0 Å². The van der Waals surface area contributed by atoms with Gasteiger partial charge in [0, 0.05) is 13.1 Å². The summed E-state index contributed by atoms with van der Waals surface area (Å²) in [4.78, 5) is 2.37. The Labute approximate surface area is 153 Å². The van der Waals surface area contributed by atoms with Crippen LogP contribution in [0.1, 0.15) is 36.0 Å². The van der Waals surface area contributed by atoms with Crippen LogP contribution in [-0.4, -0.2) is 29.9 Å². The summed E-state index contributed by atoms with van der Waals surface area (Å²) in [7, 11) is 0. The van der Waals surface area contributed by atoms with Crippen LogP contribution in [0.4, 0.5) is 4.39 Å². The van der Waals surface area contributed by atoms with Gasteiger partial charge >= 0.3 is 0 Å². The van der Waals surface area contributed by atoms with Crippen molar-refractivity contribution in [3.63, 3.8) is 0 Å². The average Bonchev–Trinajstić information content (AvgIpc) is 2.98. The Bertz CT molecular complexity index is 793. The molecule has 2 aliphatic rings. The van der Waals surface area contributed by atoms with Gasteiger partial charge in [0.2, 0.25) is 6.79 Å². The molecular weight excluding hydrogens is 333 g/mol. The van der Waals surface area contributed by atoms with E-state index in [2.05, 4.69) is 17.9 Å². The van der Waals surface area contributed by atoms with Crippen molar-refractivity contribution < 1.29 is 19.0 Å². The molecule has 2 aromatic rings. The molecule has 0 aromatic heterocycles. The van der Waals surface area contributed by atoms with Crippen molar-refractivity contribution in [3.05, 3.63) is 58.9 Å². The van der Waals surface area contributed by atoms with Crippen LogP contribution in [0.5, 0.6) is 11.5 Å². The van der Waals surface area contributed by atoms with Crippen LogP contribution in [0.15, 0.2) is 36.4 Å². The first-order chi connectivity index (χ1) is 12.5. The maximum absolute atomic E-state index is 13.2. The van der Waals surface area contributed by atoms with Crippen molar-refractivity contribution in [2.24, 2.45) is 0 Å². The van der Waals surface area contributed by atoms with Gasteiger partial charge in [0.05, 0.1) is 5.60 Å². The minimum Gasteiger partial charge on any atom is -0.454 e. The second-order valence-electron chi connectivity index (χ2n) is 7.30. The van der Waals surface area contributed by atoms with Crippen LogP contribution in [0, 0.1) is 12.7 Å². The molecule has 1 atom stereocenters. The van der Waals surface area contributed by atoms with Gasteiger partial charge in [0.25, 0.3) is 0 Å². The number of nitrogens with zero attached hydrogens (tertiary/aromatic N) is 1. The van der Waals surface area contributed by atoms with E-state index in [1.54, 1.807) is 12.1 Å². The van der Waals surface area contributed by atoms with Crippen LogP contribution in [0.2, 0.25) is 0 Å². The molecule has 0 bridgehead atoms. The van der Waals surface area contributed by atoms with E-state index < -0.39 is 5.60 Å². The van der Waals surface area contributed by atoms with E-state index in [4.69, 9.17) is 9.47 Å². The maximum Gasteiger partial charge on any atom is 0.231 e. The zero-order valence-electron chi connectivity index (χ0n) is 15.0. The van der Waals surface area contributed by atoms with Crippen LogP contribution >= 0.6 is 0 Å². The molecule has 0 radical (unpaired) electrons. The SMILES string of the molecule is Cc1cc2c(cc1CN1CCC[C@@](O)(c3ccc(F)cc3)CC1)OCO2. The fourth-order valence-corrected chi connectivity index (χ4v) is 3.88. The van der Waals surface area contributed by atoms with E-state index in [9.17, 15) is 9.50 Å². The van der Waals surface area contributed by atoms with Gasteiger partial charge in [-0.25, -0.2) is 4.39 Å². The first-order valence-corrected chi connectivity index (χ1v) is 9.13. The van der Waals surface area contributed by atoms with Crippen molar-refractivity contribution in [2.75, 3.05) is 19.9 Å². The van der Waals surface area contributed by atoms with Crippen LogP contribution < -0.4 is 9.47 Å². The number of ether oxygens (including phenoxy) is 2. The molecule has 0 saturated carbocycles. The Hall–Kier alpha value is -2.11. The summed E-state index contributed by atoms with van der Waals surface area (Å²) in [6, 6.07) is 10.3. The van der Waals surface area contributed by atoms with Crippen molar-refractivity contribution in [2.45, 2.75) is 38.3 Å². The number of fused-ring (bicyclic) bond motifs is 1. The third-order valence-corrected chi connectivity index (χ3v) is 5.51. The van der Waals surface area contributed by atoms with E-state index >= 15 is 0 Å². The Kier molecular flexibility index (Phi) is 4.59. The van der Waals surface area contributed by atoms with Crippen molar-refractivity contribution >= 4 is 0 Å². The molecule has 1 N–H and O–H groups in total. The Morgan fingerprint density at radius 2 is 1.81 bits per heavy atom. The molecular formula is C21H24FNO3. The van der Waals surface area contributed by atoms with E-state index in [1.165, 1.54) is 23.3 Å². The number of rotatable bonds is 3. The lowest BCUT2D eigenvalue weighted by Gasteiger charge is -2.27. The zero-order chi connectivity index (χ0) is 18.1. The van der Waals surface area contributed by atoms with Gasteiger partial charge in [-0.05, 0) is 73.7 Å². The van der Waals surface area contributed by atoms with Crippen molar-refractivity contribution in [3.8, 4) is 11.5 Å². The number of benzene rings is 2. The minimum atomic E-state index is -0.883. The fraction of sp³-hybridized carbons (Fsp3) is 0.429. The summed E-state index contributed by atoms with van der Waals surface area (Å²) in [6.45, 7) is 4.91. The summed E-state index contributed by atoms with van der Waals surface area (Å²) in [5, 5.41) is 11.1. The Balaban J connectivity index is 1.46. The molecule has 0 unspecified atom stereocenters. The predicted molar refractivity (Wildman–Crippen MR) is 96.7 cm³/mol. The molecule has 2 aromatic carbocycles. The van der Waals surface area contributed by atoms with Gasteiger partial charge in [-0.3, -0.25) is 4.90 Å². The lowest BCUT2D eigenvalue weighted by molar-refractivity contribution is 0.0209. The monoisotopic (exact) mass is 357 g/mol. The lowest BCUT2D eigenvalue weighted by Crippen LogP contribution is -2.29. The Morgan fingerprint density at radius 1 is 1.08 bits per heavy atom. The van der Waals surface area contributed by atoms with Crippen LogP contribution in [-0.2, 0) is 12.1 Å². The van der Waals surface area contributed by atoms with Gasteiger partial charge in [0.15, 0.2) is 11.5 Å². The molecule has 0 amide bonds. The number of aliphatic hydroxyl groups is 1. The van der Waals surface area contributed by atoms with E-state index in [-0.39, 0.29) is 12.6 Å². The quantitative estimate of drug-likeness (QED) is 0.909. The first kappa shape index (κ1) is 17.3. The van der Waals surface area contributed by atoms with Crippen molar-refractivity contribution in [1.29, 1.82) is 0 Å². The number of aryl methyl sites for hydroxylation is 1. The summed E-state index contributed by atoms with van der Waals surface area (Å²) < 4.78 is 24.1. The van der Waals surface area contributed by atoms with Crippen LogP contribution in [0.25, 0.3) is 0 Å². The topological polar surface area (TPSA) is 41.9 Å². The largest absolute Gasteiger partial charge is 0.454 e. The number of hydrogen-bond donors (Lipinski definition) is 1. The molecule has 5 heteroatoms. The predicted octanol–water partition coefficient (Wildman–Crippen LogP) is 3.74. The summed E-state index contributed by atoms with van der Waals surface area (Å²) in [5.41, 5.74) is 2.33. The maximum atomic E-state index is 13.2. The second kappa shape index (κ2) is 6.89. The average molecular weight is 357 g/mol. The third kappa shape index (κ3) is 3.41. The number of halogens is 1. The molecule has 138 valence electrons. The Morgan fingerprint density at radius 3 is 2.58 bits per heavy atom. The molecule has 0 aliphatic carbocycles. The van der Waals surface area contributed by atoms with E-state index in [0.717, 1.165) is 43.1 Å². The van der Waals surface area contributed by atoms with Crippen molar-refractivity contribution in [1.82, 2.24) is 4.90 Å². The number of hydrogen-bond acceptors (Lipinski definition) is 4. The normalized spacial score (nSPS) is 23.0. The zero-order valence-corrected chi connectivity index (χ0v) is 15.0. The molecule has 4 rings (SSSR count). The summed E-state index contributed by atoms with van der Waals surface area (Å²) in [6.07, 6.45) is 2.23. The van der Waals surface area contributed by atoms with Gasteiger partial charge in [-0.1, -0.05) is 12.1 Å². The smallest absolute Gasteiger partial charge is 0.231 e. The minimum absolute atomic E-state index is 0.272. The fourth-order valence-electron chi connectivity index (χ4n) is 3.88. The van der Waals surface area contributed by atoms with Crippen LogP contribution in [0.3, 0.4) is 0 Å². The highest BCUT2D eigenvalue weighted by Gasteiger charge is 2.32. The summed E-state index contributed by atoms with van der Waals surface area (Å²) >= 11 is 0. The molecule has 1 fully saturated rings. The molecule has 26 heavy (non-hydrogen) atoms. The van der Waals surface area contributed by atoms with E-state index in [0.29, 0.717) is 12.8 Å². The molecule has 0 spiro atoms. The molecule has 1 saturated heterocycles. The highest BCUT2D eigenvalue weighted by molar-refractivity contribution is 5.48. The first-order valence-electron chi connectivity index (χ1n) is 9.13. The van der Waals surface area contributed by atoms with Gasteiger partial charge in [-0.15, -0.1) is 0 Å².